The van der Waals surface area contributed by atoms with Crippen LogP contribution in [0.2, 0.25) is 0 Å². The van der Waals surface area contributed by atoms with Gasteiger partial charge in [-0.25, -0.2) is 0 Å². The van der Waals surface area contributed by atoms with Crippen LogP contribution in [0.3, 0.4) is 0 Å². The quantitative estimate of drug-likeness (QED) is 0.482. The molecule has 0 aromatic carbocycles. The molecule has 1 N–H and O–H groups in total. The predicted molar refractivity (Wildman–Crippen MR) is 47.3 cm³/mol. The average molecular weight is 186 g/mol. The maximum absolute atomic E-state index is 11.0. The highest BCUT2D eigenvalue weighted by molar-refractivity contribution is 5.77. The minimum Gasteiger partial charge on any atom is -0.393 e. The lowest BCUT2D eigenvalue weighted by molar-refractivity contribution is -0.136. The third-order valence-corrected chi connectivity index (χ3v) is 2.15. The van der Waals surface area contributed by atoms with Gasteiger partial charge in [-0.05, 0) is 0 Å². The molecule has 74 valence electrons. The monoisotopic (exact) mass is 186 g/mol. The molecule has 5 nitrogen and oxygen atoms in total. The number of piperidine rings is 1. The number of hydrogen-bond donors (Lipinski definition) is 1. The number of aliphatic hydroxyl groups is 1. The zero-order valence-electron chi connectivity index (χ0n) is 7.48. The first-order valence-electron chi connectivity index (χ1n) is 4.28. The Morgan fingerprint density at radius 3 is 2.69 bits per heavy atom. The summed E-state index contributed by atoms with van der Waals surface area (Å²) in [5.41, 5.74) is 0. The summed E-state index contributed by atoms with van der Waals surface area (Å²) in [7, 11) is 0. The van der Waals surface area contributed by atoms with Gasteiger partial charge in [0.15, 0.2) is 0 Å². The van der Waals surface area contributed by atoms with Gasteiger partial charge in [-0.3, -0.25) is 4.79 Å². The zero-order valence-corrected chi connectivity index (χ0v) is 7.48. The summed E-state index contributed by atoms with van der Waals surface area (Å²) in [5.74, 6) is -0.218. The molecule has 1 fully saturated rings. The smallest absolute Gasteiger partial charge is 0.248 e. The van der Waals surface area contributed by atoms with Gasteiger partial charge in [-0.1, -0.05) is 0 Å². The van der Waals surface area contributed by atoms with E-state index in [1.54, 1.807) is 4.90 Å². The second-order valence-electron chi connectivity index (χ2n) is 2.97. The minimum absolute atomic E-state index is 0.0697. The second kappa shape index (κ2) is 4.81. The molecule has 0 spiro atoms. The van der Waals surface area contributed by atoms with Crippen LogP contribution in [0, 0.1) is 0 Å². The maximum atomic E-state index is 11.0. The summed E-state index contributed by atoms with van der Waals surface area (Å²) < 4.78 is 0. The van der Waals surface area contributed by atoms with Crippen LogP contribution in [-0.2, 0) is 9.63 Å². The number of hydrogen-bond acceptors (Lipinski definition) is 4. The summed E-state index contributed by atoms with van der Waals surface area (Å²) in [6.07, 6.45) is 1.58. The van der Waals surface area contributed by atoms with Gasteiger partial charge in [0, 0.05) is 32.6 Å². The summed E-state index contributed by atoms with van der Waals surface area (Å²) >= 11 is 0. The molecule has 0 saturated carbocycles. The Morgan fingerprint density at radius 1 is 1.62 bits per heavy atom. The maximum Gasteiger partial charge on any atom is 0.248 e. The fourth-order valence-electron chi connectivity index (χ4n) is 1.42. The van der Waals surface area contributed by atoms with Gasteiger partial charge < -0.3 is 14.8 Å². The van der Waals surface area contributed by atoms with Crippen LogP contribution in [0.15, 0.2) is 5.16 Å². The van der Waals surface area contributed by atoms with Crippen LogP contribution < -0.4 is 0 Å². The molecule has 13 heavy (non-hydrogen) atoms. The number of carbonyl (C=O) groups is 1. The van der Waals surface area contributed by atoms with Gasteiger partial charge in [0.25, 0.3) is 0 Å². The molecule has 1 aliphatic heterocycles. The van der Waals surface area contributed by atoms with Gasteiger partial charge in [0.1, 0.15) is 12.7 Å². The van der Waals surface area contributed by atoms with E-state index in [0.717, 1.165) is 12.8 Å². The average Bonchev–Trinajstić information content (AvgIpc) is 2.18. The van der Waals surface area contributed by atoms with Gasteiger partial charge in [-0.15, -0.1) is 5.16 Å². The van der Waals surface area contributed by atoms with E-state index in [1.165, 1.54) is 0 Å². The summed E-state index contributed by atoms with van der Waals surface area (Å²) in [5, 5.41) is 12.0. The van der Waals surface area contributed by atoms with Crippen molar-refractivity contribution in [1.29, 1.82) is 0 Å². The van der Waals surface area contributed by atoms with Crippen LogP contribution in [-0.4, -0.2) is 48.4 Å². The van der Waals surface area contributed by atoms with E-state index in [-0.39, 0.29) is 12.0 Å². The van der Waals surface area contributed by atoms with Crippen molar-refractivity contribution in [2.75, 3.05) is 19.7 Å². The molecule has 1 aliphatic rings. The van der Waals surface area contributed by atoms with E-state index < -0.39 is 6.61 Å². The lowest BCUT2D eigenvalue weighted by Gasteiger charge is -2.30. The van der Waals surface area contributed by atoms with Crippen LogP contribution in [0.25, 0.3) is 0 Å². The number of oxime groups is 1. The summed E-state index contributed by atoms with van der Waals surface area (Å²) in [6, 6.07) is 0. The fourth-order valence-corrected chi connectivity index (χ4v) is 1.42. The Kier molecular flexibility index (Phi) is 3.70. The molecule has 0 atom stereocenters. The first-order valence-corrected chi connectivity index (χ1v) is 4.28. The molecule has 0 aliphatic carbocycles. The van der Waals surface area contributed by atoms with Crippen molar-refractivity contribution in [3.8, 4) is 0 Å². The van der Waals surface area contributed by atoms with Gasteiger partial charge in [-0.2, -0.15) is 0 Å². The van der Waals surface area contributed by atoms with Crippen molar-refractivity contribution in [1.82, 2.24) is 4.90 Å². The Labute approximate surface area is 77.0 Å². The number of nitrogens with zero attached hydrogens (tertiary/aromatic N) is 2. The molecule has 0 unspecified atom stereocenters. The third-order valence-electron chi connectivity index (χ3n) is 2.15. The SMILES string of the molecule is C=NOC1CCN(C(=O)CO)CC1. The Hall–Kier alpha value is -1.10. The first-order chi connectivity index (χ1) is 6.27. The number of carbonyl (C=O) groups excluding carboxylic acids is 1. The van der Waals surface area contributed by atoms with Crippen molar-refractivity contribution in [2.24, 2.45) is 5.16 Å². The standard InChI is InChI=1S/C8H14N2O3/c1-9-13-7-2-4-10(5-3-7)8(12)6-11/h7,11H,1-6H2. The lowest BCUT2D eigenvalue weighted by atomic mass is 10.1. The largest absolute Gasteiger partial charge is 0.393 e. The second-order valence-corrected chi connectivity index (χ2v) is 2.97. The zero-order chi connectivity index (χ0) is 9.68. The molecule has 1 rings (SSSR count). The highest BCUT2D eigenvalue weighted by atomic mass is 16.6. The van der Waals surface area contributed by atoms with E-state index in [4.69, 9.17) is 9.94 Å². The van der Waals surface area contributed by atoms with Crippen LogP contribution in [0.4, 0.5) is 0 Å². The molecular weight excluding hydrogens is 172 g/mol. The molecule has 0 bridgehead atoms. The van der Waals surface area contributed by atoms with Crippen LogP contribution in [0.5, 0.6) is 0 Å². The van der Waals surface area contributed by atoms with E-state index in [0.29, 0.717) is 13.1 Å². The molecule has 1 amide bonds. The van der Waals surface area contributed by atoms with Crippen molar-refractivity contribution in [3.05, 3.63) is 0 Å². The molecule has 0 radical (unpaired) electrons. The Morgan fingerprint density at radius 2 is 2.23 bits per heavy atom. The van der Waals surface area contributed by atoms with Crippen molar-refractivity contribution < 1.29 is 14.7 Å². The van der Waals surface area contributed by atoms with Gasteiger partial charge in [0.05, 0.1) is 0 Å². The molecule has 1 saturated heterocycles. The molecule has 1 heterocycles. The summed E-state index contributed by atoms with van der Waals surface area (Å²) in [6.45, 7) is 4.07. The normalized spacial score (nSPS) is 18.4. The van der Waals surface area contributed by atoms with E-state index in [1.807, 2.05) is 0 Å². The first kappa shape index (κ1) is 9.98. The summed E-state index contributed by atoms with van der Waals surface area (Å²) in [4.78, 5) is 17.6. The van der Waals surface area contributed by atoms with Crippen molar-refractivity contribution in [3.63, 3.8) is 0 Å². The number of likely N-dealkylation sites (tertiary alicyclic amines) is 1. The minimum atomic E-state index is -0.411. The van der Waals surface area contributed by atoms with E-state index >= 15 is 0 Å². The topological polar surface area (TPSA) is 62.1 Å². The van der Waals surface area contributed by atoms with E-state index in [9.17, 15) is 4.79 Å². The van der Waals surface area contributed by atoms with Crippen molar-refractivity contribution in [2.45, 2.75) is 18.9 Å². The van der Waals surface area contributed by atoms with Crippen LogP contribution in [0.1, 0.15) is 12.8 Å². The van der Waals surface area contributed by atoms with Crippen LogP contribution >= 0.6 is 0 Å². The van der Waals surface area contributed by atoms with Gasteiger partial charge >= 0.3 is 0 Å². The predicted octanol–water partition coefficient (Wildman–Crippen LogP) is -0.398. The number of rotatable bonds is 3. The Bertz CT molecular complexity index is 188. The Balaban J connectivity index is 2.30. The number of amides is 1. The van der Waals surface area contributed by atoms with Crippen molar-refractivity contribution >= 4 is 12.6 Å². The highest BCUT2D eigenvalue weighted by Gasteiger charge is 2.22. The van der Waals surface area contributed by atoms with Gasteiger partial charge in [0.2, 0.25) is 5.91 Å². The number of aliphatic hydroxyl groups excluding tert-OH is 1. The lowest BCUT2D eigenvalue weighted by Crippen LogP contribution is -2.41. The van der Waals surface area contributed by atoms with E-state index in [2.05, 4.69) is 11.9 Å². The highest BCUT2D eigenvalue weighted by Crippen LogP contribution is 2.13. The molecule has 0 aromatic heterocycles. The molecular formula is C8H14N2O3. The molecule has 5 heteroatoms. The third kappa shape index (κ3) is 2.69. The molecule has 0 aromatic rings. The fraction of sp³-hybridized carbons (Fsp3) is 0.750.